The van der Waals surface area contributed by atoms with E-state index < -0.39 is 5.41 Å². The molecular formula is C11H13Cl2NO. The molecule has 4 heteroatoms. The number of rotatable bonds is 2. The van der Waals surface area contributed by atoms with E-state index in [2.05, 4.69) is 5.32 Å². The molecule has 0 saturated carbocycles. The summed E-state index contributed by atoms with van der Waals surface area (Å²) in [6.07, 6.45) is 0. The maximum Gasteiger partial charge on any atom is 0.229 e. The van der Waals surface area contributed by atoms with Crippen LogP contribution in [0.1, 0.15) is 19.4 Å². The Morgan fingerprint density at radius 1 is 1.33 bits per heavy atom. The average molecular weight is 246 g/mol. The van der Waals surface area contributed by atoms with Crippen LogP contribution >= 0.6 is 23.2 Å². The fraction of sp³-hybridized carbons (Fsp3) is 0.364. The third-order valence-electron chi connectivity index (χ3n) is 2.40. The van der Waals surface area contributed by atoms with E-state index in [0.717, 1.165) is 5.56 Å². The highest BCUT2D eigenvalue weighted by Gasteiger charge is 2.30. The normalized spacial score (nSPS) is 11.3. The lowest BCUT2D eigenvalue weighted by atomic mass is 9.84. The lowest BCUT2D eigenvalue weighted by molar-refractivity contribution is -0.125. The summed E-state index contributed by atoms with van der Waals surface area (Å²) >= 11 is 11.8. The molecule has 0 unspecified atom stereocenters. The summed E-state index contributed by atoms with van der Waals surface area (Å²) in [5.41, 5.74) is 0.115. The fourth-order valence-corrected chi connectivity index (χ4v) is 2.08. The van der Waals surface area contributed by atoms with E-state index in [9.17, 15) is 4.79 Å². The predicted molar refractivity (Wildman–Crippen MR) is 63.6 cm³/mol. The summed E-state index contributed by atoms with van der Waals surface area (Å²) in [7, 11) is 1.61. The molecule has 0 aliphatic rings. The number of amides is 1. The number of carbonyl (C=O) groups is 1. The van der Waals surface area contributed by atoms with Gasteiger partial charge in [0, 0.05) is 17.1 Å². The number of carbonyl (C=O) groups excluding carboxylic acids is 1. The van der Waals surface area contributed by atoms with Crippen molar-refractivity contribution in [2.75, 3.05) is 7.05 Å². The molecule has 1 N–H and O–H groups in total. The molecule has 2 nitrogen and oxygen atoms in total. The lowest BCUT2D eigenvalue weighted by Gasteiger charge is -2.24. The molecule has 1 rings (SSSR count). The molecular weight excluding hydrogens is 233 g/mol. The molecule has 0 fully saturated rings. The van der Waals surface area contributed by atoms with Gasteiger partial charge in [-0.2, -0.15) is 0 Å². The highest BCUT2D eigenvalue weighted by molar-refractivity contribution is 6.35. The minimum atomic E-state index is -0.656. The number of benzene rings is 1. The zero-order chi connectivity index (χ0) is 11.6. The highest BCUT2D eigenvalue weighted by atomic mass is 35.5. The van der Waals surface area contributed by atoms with Crippen molar-refractivity contribution >= 4 is 29.1 Å². The van der Waals surface area contributed by atoms with E-state index in [4.69, 9.17) is 23.2 Å². The van der Waals surface area contributed by atoms with Crippen LogP contribution in [0, 0.1) is 0 Å². The van der Waals surface area contributed by atoms with E-state index >= 15 is 0 Å². The van der Waals surface area contributed by atoms with Gasteiger partial charge in [0.2, 0.25) is 5.91 Å². The first-order valence-corrected chi connectivity index (χ1v) is 5.33. The first kappa shape index (κ1) is 12.3. The van der Waals surface area contributed by atoms with E-state index in [1.165, 1.54) is 0 Å². The molecule has 0 aromatic heterocycles. The summed E-state index contributed by atoms with van der Waals surface area (Å²) in [6, 6.07) is 5.15. The Balaban J connectivity index is 3.21. The van der Waals surface area contributed by atoms with Gasteiger partial charge in [-0.25, -0.2) is 0 Å². The van der Waals surface area contributed by atoms with Gasteiger partial charge in [0.1, 0.15) is 0 Å². The summed E-state index contributed by atoms with van der Waals surface area (Å²) in [4.78, 5) is 11.7. The van der Waals surface area contributed by atoms with Crippen molar-refractivity contribution in [3.8, 4) is 0 Å². The Bertz CT molecular complexity index is 388. The van der Waals surface area contributed by atoms with E-state index in [-0.39, 0.29) is 5.91 Å². The zero-order valence-electron chi connectivity index (χ0n) is 8.90. The first-order chi connectivity index (χ1) is 6.89. The standard InChI is InChI=1S/C11H13Cl2NO/c1-11(2,10(15)14-3)8-5-4-7(12)6-9(8)13/h4-6H,1-3H3,(H,14,15). The largest absolute Gasteiger partial charge is 0.358 e. The molecule has 1 aromatic rings. The van der Waals surface area contributed by atoms with Gasteiger partial charge in [-0.15, -0.1) is 0 Å². The van der Waals surface area contributed by atoms with Gasteiger partial charge in [0.15, 0.2) is 0 Å². The van der Waals surface area contributed by atoms with Crippen LogP contribution in [-0.2, 0) is 10.2 Å². The van der Waals surface area contributed by atoms with Gasteiger partial charge in [0.05, 0.1) is 5.41 Å². The molecule has 0 atom stereocenters. The molecule has 0 radical (unpaired) electrons. The van der Waals surface area contributed by atoms with Crippen molar-refractivity contribution in [3.05, 3.63) is 33.8 Å². The molecule has 0 saturated heterocycles. The number of likely N-dealkylation sites (N-methyl/N-ethyl adjacent to an activating group) is 1. The smallest absolute Gasteiger partial charge is 0.229 e. The molecule has 0 heterocycles. The number of halogens is 2. The van der Waals surface area contributed by atoms with Crippen LogP contribution in [-0.4, -0.2) is 13.0 Å². The van der Waals surface area contributed by atoms with Gasteiger partial charge in [0.25, 0.3) is 0 Å². The Labute approximate surface area is 99.6 Å². The monoisotopic (exact) mass is 245 g/mol. The summed E-state index contributed by atoms with van der Waals surface area (Å²) in [5.74, 6) is -0.0771. The van der Waals surface area contributed by atoms with Crippen LogP contribution in [0.4, 0.5) is 0 Å². The van der Waals surface area contributed by atoms with Crippen molar-refractivity contribution in [1.82, 2.24) is 5.32 Å². The predicted octanol–water partition coefficient (Wildman–Crippen LogP) is 3.02. The number of hydrogen-bond acceptors (Lipinski definition) is 1. The summed E-state index contributed by atoms with van der Waals surface area (Å²) < 4.78 is 0. The molecule has 0 bridgehead atoms. The molecule has 0 spiro atoms. The first-order valence-electron chi connectivity index (χ1n) is 4.57. The topological polar surface area (TPSA) is 29.1 Å². The van der Waals surface area contributed by atoms with Crippen LogP contribution in [0.5, 0.6) is 0 Å². The third-order valence-corrected chi connectivity index (χ3v) is 2.95. The molecule has 15 heavy (non-hydrogen) atoms. The second kappa shape index (κ2) is 4.42. The molecule has 82 valence electrons. The van der Waals surface area contributed by atoms with Crippen LogP contribution in [0.3, 0.4) is 0 Å². The van der Waals surface area contributed by atoms with Crippen molar-refractivity contribution in [2.45, 2.75) is 19.3 Å². The maximum absolute atomic E-state index is 11.7. The van der Waals surface area contributed by atoms with Gasteiger partial charge < -0.3 is 5.32 Å². The van der Waals surface area contributed by atoms with Crippen LogP contribution < -0.4 is 5.32 Å². The van der Waals surface area contributed by atoms with Crippen LogP contribution in [0.15, 0.2) is 18.2 Å². The highest BCUT2D eigenvalue weighted by Crippen LogP contribution is 2.31. The maximum atomic E-state index is 11.7. The van der Waals surface area contributed by atoms with Crippen molar-refractivity contribution in [1.29, 1.82) is 0 Å². The van der Waals surface area contributed by atoms with Crippen molar-refractivity contribution in [2.24, 2.45) is 0 Å². The quantitative estimate of drug-likeness (QED) is 0.853. The van der Waals surface area contributed by atoms with Gasteiger partial charge in [-0.1, -0.05) is 29.3 Å². The fourth-order valence-electron chi connectivity index (χ4n) is 1.43. The van der Waals surface area contributed by atoms with E-state index in [1.54, 1.807) is 25.2 Å². The lowest BCUT2D eigenvalue weighted by Crippen LogP contribution is -2.38. The molecule has 0 aliphatic heterocycles. The Morgan fingerprint density at radius 3 is 2.40 bits per heavy atom. The molecule has 0 aliphatic carbocycles. The van der Waals surface area contributed by atoms with E-state index in [0.29, 0.717) is 10.0 Å². The van der Waals surface area contributed by atoms with Crippen molar-refractivity contribution < 1.29 is 4.79 Å². The number of hydrogen-bond donors (Lipinski definition) is 1. The van der Waals surface area contributed by atoms with Crippen LogP contribution in [0.2, 0.25) is 10.0 Å². The molecule has 1 aromatic carbocycles. The third kappa shape index (κ3) is 2.44. The van der Waals surface area contributed by atoms with Crippen LogP contribution in [0.25, 0.3) is 0 Å². The average Bonchev–Trinajstić information content (AvgIpc) is 2.15. The number of nitrogens with one attached hydrogen (secondary N) is 1. The minimum Gasteiger partial charge on any atom is -0.358 e. The SMILES string of the molecule is CNC(=O)C(C)(C)c1ccc(Cl)cc1Cl. The second-order valence-electron chi connectivity index (χ2n) is 3.83. The Kier molecular flexibility index (Phi) is 3.63. The van der Waals surface area contributed by atoms with E-state index in [1.807, 2.05) is 13.8 Å². The second-order valence-corrected chi connectivity index (χ2v) is 4.67. The van der Waals surface area contributed by atoms with Crippen molar-refractivity contribution in [3.63, 3.8) is 0 Å². The van der Waals surface area contributed by atoms with Gasteiger partial charge >= 0.3 is 0 Å². The Morgan fingerprint density at radius 2 is 1.93 bits per heavy atom. The van der Waals surface area contributed by atoms with Gasteiger partial charge in [-0.05, 0) is 31.5 Å². The Hall–Kier alpha value is -0.730. The summed E-state index contributed by atoms with van der Waals surface area (Å²) in [5, 5.41) is 3.69. The minimum absolute atomic E-state index is 0.0771. The van der Waals surface area contributed by atoms with Gasteiger partial charge in [-0.3, -0.25) is 4.79 Å². The zero-order valence-corrected chi connectivity index (χ0v) is 10.4. The summed E-state index contributed by atoms with van der Waals surface area (Å²) in [6.45, 7) is 3.64. The molecule has 1 amide bonds.